The third-order valence-corrected chi connectivity index (χ3v) is 4.36. The number of carboxylic acids is 1. The van der Waals surface area contributed by atoms with Crippen LogP contribution in [0.4, 0.5) is 0 Å². The summed E-state index contributed by atoms with van der Waals surface area (Å²) in [6, 6.07) is 15.9. The molecule has 0 saturated carbocycles. The molecule has 3 rings (SSSR count). The number of hydrogen-bond donors (Lipinski definition) is 1. The molecule has 0 spiro atoms. The molecule has 4 nitrogen and oxygen atoms in total. The van der Waals surface area contributed by atoms with E-state index in [4.69, 9.17) is 4.74 Å². The topological polar surface area (TPSA) is 59.4 Å². The lowest BCUT2D eigenvalue weighted by Gasteiger charge is -2.23. The third-order valence-electron chi connectivity index (χ3n) is 4.36. The molecule has 0 aliphatic carbocycles. The van der Waals surface area contributed by atoms with Gasteiger partial charge in [-0.3, -0.25) is 4.98 Å². The van der Waals surface area contributed by atoms with Crippen molar-refractivity contribution in [2.45, 2.75) is 39.9 Å². The maximum Gasteiger partial charge on any atom is 0.337 e. The molecule has 1 atom stereocenters. The van der Waals surface area contributed by atoms with E-state index in [-0.39, 0.29) is 6.10 Å². The summed E-state index contributed by atoms with van der Waals surface area (Å²) in [5, 5.41) is 10.8. The van der Waals surface area contributed by atoms with E-state index < -0.39 is 12.1 Å². The molecule has 0 aliphatic rings. The van der Waals surface area contributed by atoms with Crippen molar-refractivity contribution in [2.24, 2.45) is 0 Å². The van der Waals surface area contributed by atoms with Crippen molar-refractivity contribution in [2.75, 3.05) is 0 Å². The summed E-state index contributed by atoms with van der Waals surface area (Å²) in [6.45, 7) is 7.55. The van der Waals surface area contributed by atoms with Crippen LogP contribution >= 0.6 is 0 Å². The fraction of sp³-hybridized carbons (Fsp3) is 0.273. The predicted octanol–water partition coefficient (Wildman–Crippen LogP) is 5.07. The zero-order chi connectivity index (χ0) is 18.8. The Morgan fingerprint density at radius 1 is 1.04 bits per heavy atom. The van der Waals surface area contributed by atoms with Gasteiger partial charge in [0, 0.05) is 16.6 Å². The van der Waals surface area contributed by atoms with E-state index in [9.17, 15) is 9.90 Å². The maximum atomic E-state index is 12.0. The lowest BCUT2D eigenvalue weighted by atomic mass is 9.91. The summed E-state index contributed by atoms with van der Waals surface area (Å²) in [5.74, 6) is -1.01. The van der Waals surface area contributed by atoms with E-state index in [2.05, 4.69) is 4.98 Å². The summed E-state index contributed by atoms with van der Waals surface area (Å²) in [4.78, 5) is 16.7. The number of hydrogen-bond acceptors (Lipinski definition) is 3. The molecule has 0 unspecified atom stereocenters. The predicted molar refractivity (Wildman–Crippen MR) is 103 cm³/mol. The average Bonchev–Trinajstić information content (AvgIpc) is 2.59. The van der Waals surface area contributed by atoms with Crippen LogP contribution in [-0.2, 0) is 9.53 Å². The molecule has 1 N–H and O–H groups in total. The van der Waals surface area contributed by atoms with Crippen LogP contribution in [0.25, 0.3) is 22.0 Å². The van der Waals surface area contributed by atoms with Gasteiger partial charge in [-0.25, -0.2) is 4.79 Å². The van der Waals surface area contributed by atoms with E-state index in [0.29, 0.717) is 11.3 Å². The monoisotopic (exact) mass is 349 g/mol. The first-order valence-electron chi connectivity index (χ1n) is 8.73. The molecule has 134 valence electrons. The number of carbonyl (C=O) groups is 1. The molecule has 3 aromatic rings. The number of nitrogens with zero attached hydrogens (tertiary/aromatic N) is 1. The second-order valence-corrected chi connectivity index (χ2v) is 6.77. The van der Waals surface area contributed by atoms with Gasteiger partial charge in [0.1, 0.15) is 0 Å². The van der Waals surface area contributed by atoms with Crippen LogP contribution in [-0.4, -0.2) is 22.2 Å². The van der Waals surface area contributed by atoms with Crippen molar-refractivity contribution in [1.82, 2.24) is 4.98 Å². The molecule has 0 aliphatic heterocycles. The quantitative estimate of drug-likeness (QED) is 0.699. The number of ether oxygens (including phenoxy) is 1. The molecular formula is C22H23NO3. The Balaban J connectivity index is 2.37. The largest absolute Gasteiger partial charge is 0.479 e. The van der Waals surface area contributed by atoms with E-state index in [0.717, 1.165) is 27.6 Å². The molecule has 26 heavy (non-hydrogen) atoms. The number of fused-ring (bicyclic) bond motifs is 1. The van der Waals surface area contributed by atoms with Gasteiger partial charge in [0.05, 0.1) is 11.6 Å². The van der Waals surface area contributed by atoms with E-state index in [1.165, 1.54) is 0 Å². The van der Waals surface area contributed by atoms with Crippen molar-refractivity contribution >= 4 is 16.9 Å². The van der Waals surface area contributed by atoms with Crippen LogP contribution in [0.2, 0.25) is 0 Å². The molecule has 1 aromatic heterocycles. The first-order chi connectivity index (χ1) is 12.4. The minimum absolute atomic E-state index is 0.215. The van der Waals surface area contributed by atoms with Gasteiger partial charge in [0.25, 0.3) is 0 Å². The molecule has 2 aromatic carbocycles. The Labute approximate surface area is 153 Å². The minimum atomic E-state index is -1.07. The van der Waals surface area contributed by atoms with Crippen molar-refractivity contribution in [3.8, 4) is 11.1 Å². The van der Waals surface area contributed by atoms with Gasteiger partial charge in [0.15, 0.2) is 6.10 Å². The van der Waals surface area contributed by atoms with Crippen LogP contribution in [0.5, 0.6) is 0 Å². The Hall–Kier alpha value is -2.72. The zero-order valence-corrected chi connectivity index (χ0v) is 15.5. The Kier molecular flexibility index (Phi) is 5.05. The number of para-hydroxylation sites is 1. The van der Waals surface area contributed by atoms with Crippen LogP contribution in [0.3, 0.4) is 0 Å². The Morgan fingerprint density at radius 2 is 1.69 bits per heavy atom. The highest BCUT2D eigenvalue weighted by Crippen LogP contribution is 2.38. The van der Waals surface area contributed by atoms with Gasteiger partial charge in [0.2, 0.25) is 0 Å². The summed E-state index contributed by atoms with van der Waals surface area (Å²) in [5.41, 5.74) is 5.13. The standard InChI is InChI=1S/C22H23NO3/c1-13(2)26-21(22(24)25)19-15(4)23-18-8-6-5-7-17(18)20(19)16-11-9-14(3)10-12-16/h5-13,21H,1-4H3,(H,24,25)/t21-/m0/s1. The van der Waals surface area contributed by atoms with Gasteiger partial charge in [-0.1, -0.05) is 48.0 Å². The molecule has 0 saturated heterocycles. The SMILES string of the molecule is Cc1ccc(-c2c([C@H](OC(C)C)C(=O)O)c(C)nc3ccccc23)cc1. The fourth-order valence-corrected chi connectivity index (χ4v) is 3.22. The van der Waals surface area contributed by atoms with E-state index >= 15 is 0 Å². The molecule has 0 bridgehead atoms. The molecule has 0 amide bonds. The van der Waals surface area contributed by atoms with Gasteiger partial charge in [-0.15, -0.1) is 0 Å². The smallest absolute Gasteiger partial charge is 0.337 e. The van der Waals surface area contributed by atoms with Crippen LogP contribution in [0.15, 0.2) is 48.5 Å². The minimum Gasteiger partial charge on any atom is -0.479 e. The normalized spacial score (nSPS) is 12.5. The number of aliphatic carboxylic acids is 1. The Bertz CT molecular complexity index is 946. The first kappa shape index (κ1) is 18.1. The van der Waals surface area contributed by atoms with Crippen LogP contribution in [0.1, 0.15) is 36.8 Å². The summed E-state index contributed by atoms with van der Waals surface area (Å²) >= 11 is 0. The molecule has 0 radical (unpaired) electrons. The lowest BCUT2D eigenvalue weighted by Crippen LogP contribution is -2.21. The number of aromatic nitrogens is 1. The highest BCUT2D eigenvalue weighted by Gasteiger charge is 2.29. The van der Waals surface area contributed by atoms with Crippen LogP contribution < -0.4 is 0 Å². The fourth-order valence-electron chi connectivity index (χ4n) is 3.22. The van der Waals surface area contributed by atoms with Gasteiger partial charge in [-0.05, 0) is 44.9 Å². The van der Waals surface area contributed by atoms with Crippen molar-refractivity contribution in [3.63, 3.8) is 0 Å². The summed E-state index contributed by atoms with van der Waals surface area (Å²) in [6.07, 6.45) is -1.28. The van der Waals surface area contributed by atoms with E-state index in [1.54, 1.807) is 0 Å². The highest BCUT2D eigenvalue weighted by molar-refractivity contribution is 5.98. The Morgan fingerprint density at radius 3 is 2.31 bits per heavy atom. The second-order valence-electron chi connectivity index (χ2n) is 6.77. The summed E-state index contributed by atoms with van der Waals surface area (Å²) < 4.78 is 5.77. The number of pyridine rings is 1. The second kappa shape index (κ2) is 7.26. The van der Waals surface area contributed by atoms with E-state index in [1.807, 2.05) is 76.2 Å². The first-order valence-corrected chi connectivity index (χ1v) is 8.73. The molecule has 0 fully saturated rings. The van der Waals surface area contributed by atoms with Gasteiger partial charge < -0.3 is 9.84 Å². The highest BCUT2D eigenvalue weighted by atomic mass is 16.5. The van der Waals surface area contributed by atoms with Crippen molar-refractivity contribution < 1.29 is 14.6 Å². The molecule has 1 heterocycles. The molecule has 4 heteroatoms. The average molecular weight is 349 g/mol. The number of benzene rings is 2. The summed E-state index contributed by atoms with van der Waals surface area (Å²) in [7, 11) is 0. The lowest BCUT2D eigenvalue weighted by molar-refractivity contribution is -0.153. The third kappa shape index (κ3) is 3.46. The van der Waals surface area contributed by atoms with Gasteiger partial charge >= 0.3 is 5.97 Å². The van der Waals surface area contributed by atoms with Crippen LogP contribution in [0, 0.1) is 13.8 Å². The molecular weight excluding hydrogens is 326 g/mol. The number of carboxylic acid groups (broad SMARTS) is 1. The van der Waals surface area contributed by atoms with Crippen molar-refractivity contribution in [3.05, 3.63) is 65.4 Å². The number of aryl methyl sites for hydroxylation is 2. The maximum absolute atomic E-state index is 12.0. The zero-order valence-electron chi connectivity index (χ0n) is 15.5. The number of rotatable bonds is 5. The van der Waals surface area contributed by atoms with Crippen molar-refractivity contribution in [1.29, 1.82) is 0 Å². The van der Waals surface area contributed by atoms with Gasteiger partial charge in [-0.2, -0.15) is 0 Å².